The first-order chi connectivity index (χ1) is 8.70. The highest BCUT2D eigenvalue weighted by Crippen LogP contribution is 2.21. The number of carboxylic acids is 1. The molecule has 0 saturated carbocycles. The number of aromatic nitrogens is 1. The summed E-state index contributed by atoms with van der Waals surface area (Å²) < 4.78 is 0. The van der Waals surface area contributed by atoms with Crippen molar-refractivity contribution in [1.82, 2.24) is 9.88 Å². The Labute approximate surface area is 112 Å². The van der Waals surface area contributed by atoms with Gasteiger partial charge in [-0.25, -0.2) is 4.98 Å². The van der Waals surface area contributed by atoms with Crippen LogP contribution in [0.25, 0.3) is 0 Å². The summed E-state index contributed by atoms with van der Waals surface area (Å²) in [6, 6.07) is -0.314. The predicted octanol–water partition coefficient (Wildman–Crippen LogP) is 2.53. The molecule has 0 amide bonds. The number of likely N-dealkylation sites (tertiary alicyclic amines) is 1. The molecule has 1 atom stereocenters. The Morgan fingerprint density at radius 2 is 2.50 bits per heavy atom. The molecular weight excluding hydrogens is 248 g/mol. The van der Waals surface area contributed by atoms with Crippen molar-refractivity contribution in [2.45, 2.75) is 51.6 Å². The van der Waals surface area contributed by atoms with Gasteiger partial charge in [-0.1, -0.05) is 13.3 Å². The minimum Gasteiger partial charge on any atom is -0.480 e. The summed E-state index contributed by atoms with van der Waals surface area (Å²) in [7, 11) is 0. The van der Waals surface area contributed by atoms with Crippen molar-refractivity contribution < 1.29 is 9.90 Å². The molecule has 2 rings (SSSR count). The molecule has 0 bridgehead atoms. The maximum absolute atomic E-state index is 11.1. The van der Waals surface area contributed by atoms with Crippen LogP contribution in [0.3, 0.4) is 0 Å². The van der Waals surface area contributed by atoms with E-state index in [0.29, 0.717) is 6.54 Å². The fourth-order valence-corrected chi connectivity index (χ4v) is 3.20. The Kier molecular flexibility index (Phi) is 4.72. The molecule has 5 heteroatoms. The number of aryl methyl sites for hydroxylation is 1. The zero-order chi connectivity index (χ0) is 13.0. The van der Waals surface area contributed by atoms with Crippen molar-refractivity contribution in [2.24, 2.45) is 0 Å². The Bertz CT molecular complexity index is 405. The average molecular weight is 268 g/mol. The highest BCUT2D eigenvalue weighted by molar-refractivity contribution is 7.09. The molecule has 100 valence electrons. The van der Waals surface area contributed by atoms with Gasteiger partial charge in [0.1, 0.15) is 6.04 Å². The number of carbonyl (C=O) groups is 1. The standard InChI is InChI=1S/C13H20N2O2S/c1-2-3-6-12-14-10(9-18-12)8-15-7-4-5-11(15)13(16)17/h9,11H,2-8H2,1H3,(H,16,17)/t11-/m1/s1. The first kappa shape index (κ1) is 13.5. The summed E-state index contributed by atoms with van der Waals surface area (Å²) in [5.41, 5.74) is 1.03. The number of hydrogen-bond acceptors (Lipinski definition) is 4. The van der Waals surface area contributed by atoms with Crippen LogP contribution in [-0.2, 0) is 17.8 Å². The van der Waals surface area contributed by atoms with E-state index >= 15 is 0 Å². The molecule has 1 aromatic heterocycles. The van der Waals surface area contributed by atoms with Crippen LogP contribution in [0.15, 0.2) is 5.38 Å². The van der Waals surface area contributed by atoms with Gasteiger partial charge in [0.2, 0.25) is 0 Å². The fourth-order valence-electron chi connectivity index (χ4n) is 2.37. The molecule has 1 aromatic rings. The largest absolute Gasteiger partial charge is 0.480 e. The van der Waals surface area contributed by atoms with E-state index in [9.17, 15) is 4.79 Å². The highest BCUT2D eigenvalue weighted by Gasteiger charge is 2.30. The molecule has 0 spiro atoms. The molecule has 0 unspecified atom stereocenters. The topological polar surface area (TPSA) is 53.4 Å². The zero-order valence-electron chi connectivity index (χ0n) is 10.8. The molecule has 2 heterocycles. The molecule has 1 saturated heterocycles. The monoisotopic (exact) mass is 268 g/mol. The summed E-state index contributed by atoms with van der Waals surface area (Å²) in [6.07, 6.45) is 5.14. The lowest BCUT2D eigenvalue weighted by molar-refractivity contribution is -0.142. The van der Waals surface area contributed by atoms with Gasteiger partial charge in [-0.3, -0.25) is 9.69 Å². The van der Waals surface area contributed by atoms with Crippen molar-refractivity contribution in [3.63, 3.8) is 0 Å². The van der Waals surface area contributed by atoms with E-state index in [1.54, 1.807) is 11.3 Å². The number of unbranched alkanes of at least 4 members (excludes halogenated alkanes) is 1. The van der Waals surface area contributed by atoms with Crippen LogP contribution in [-0.4, -0.2) is 33.5 Å². The zero-order valence-corrected chi connectivity index (χ0v) is 11.6. The molecule has 1 aliphatic heterocycles. The van der Waals surface area contributed by atoms with Crippen LogP contribution in [0.5, 0.6) is 0 Å². The molecule has 4 nitrogen and oxygen atoms in total. The lowest BCUT2D eigenvalue weighted by Crippen LogP contribution is -2.35. The SMILES string of the molecule is CCCCc1nc(CN2CCC[C@@H]2C(=O)O)cs1. The number of carboxylic acid groups (broad SMARTS) is 1. The summed E-state index contributed by atoms with van der Waals surface area (Å²) in [5, 5.41) is 12.4. The van der Waals surface area contributed by atoms with Crippen LogP contribution < -0.4 is 0 Å². The van der Waals surface area contributed by atoms with Crippen molar-refractivity contribution in [3.05, 3.63) is 16.1 Å². The van der Waals surface area contributed by atoms with E-state index in [2.05, 4.69) is 17.3 Å². The number of aliphatic carboxylic acids is 1. The second-order valence-corrected chi connectivity index (χ2v) is 5.75. The number of rotatable bonds is 6. The molecule has 0 aliphatic carbocycles. The van der Waals surface area contributed by atoms with E-state index in [4.69, 9.17) is 5.11 Å². The Morgan fingerprint density at radius 1 is 1.67 bits per heavy atom. The van der Waals surface area contributed by atoms with Gasteiger partial charge in [-0.05, 0) is 32.2 Å². The van der Waals surface area contributed by atoms with Gasteiger partial charge in [0, 0.05) is 11.9 Å². The van der Waals surface area contributed by atoms with E-state index < -0.39 is 5.97 Å². The summed E-state index contributed by atoms with van der Waals surface area (Å²) in [6.45, 7) is 3.73. The van der Waals surface area contributed by atoms with Crippen molar-refractivity contribution >= 4 is 17.3 Å². The third-order valence-corrected chi connectivity index (χ3v) is 4.31. The number of hydrogen-bond donors (Lipinski definition) is 1. The van der Waals surface area contributed by atoms with Crippen LogP contribution in [0.4, 0.5) is 0 Å². The minimum absolute atomic E-state index is 0.314. The van der Waals surface area contributed by atoms with Crippen LogP contribution in [0.1, 0.15) is 43.3 Å². The van der Waals surface area contributed by atoms with Crippen LogP contribution >= 0.6 is 11.3 Å². The predicted molar refractivity (Wildman–Crippen MR) is 71.8 cm³/mol. The molecule has 1 N–H and O–H groups in total. The second kappa shape index (κ2) is 6.29. The lowest BCUT2D eigenvalue weighted by atomic mass is 10.2. The lowest BCUT2D eigenvalue weighted by Gasteiger charge is -2.19. The van der Waals surface area contributed by atoms with Gasteiger partial charge in [0.05, 0.1) is 10.7 Å². The Balaban J connectivity index is 1.92. The quantitative estimate of drug-likeness (QED) is 0.861. The average Bonchev–Trinajstić information content (AvgIpc) is 2.96. The first-order valence-corrected chi connectivity index (χ1v) is 7.48. The summed E-state index contributed by atoms with van der Waals surface area (Å²) in [4.78, 5) is 17.7. The van der Waals surface area contributed by atoms with Gasteiger partial charge >= 0.3 is 5.97 Å². The third-order valence-electron chi connectivity index (χ3n) is 3.36. The molecule has 0 radical (unpaired) electrons. The first-order valence-electron chi connectivity index (χ1n) is 6.61. The van der Waals surface area contributed by atoms with E-state index in [-0.39, 0.29) is 6.04 Å². The highest BCUT2D eigenvalue weighted by atomic mass is 32.1. The fraction of sp³-hybridized carbons (Fsp3) is 0.692. The second-order valence-electron chi connectivity index (χ2n) is 4.80. The number of thiazole rings is 1. The smallest absolute Gasteiger partial charge is 0.320 e. The van der Waals surface area contributed by atoms with E-state index in [1.807, 2.05) is 4.90 Å². The molecule has 1 fully saturated rings. The maximum Gasteiger partial charge on any atom is 0.320 e. The van der Waals surface area contributed by atoms with Crippen LogP contribution in [0, 0.1) is 0 Å². The van der Waals surface area contributed by atoms with Gasteiger partial charge < -0.3 is 5.11 Å². The van der Waals surface area contributed by atoms with Gasteiger partial charge in [0.15, 0.2) is 0 Å². The molecular formula is C13H20N2O2S. The van der Waals surface area contributed by atoms with Crippen molar-refractivity contribution in [2.75, 3.05) is 6.54 Å². The third kappa shape index (κ3) is 3.29. The molecule has 18 heavy (non-hydrogen) atoms. The van der Waals surface area contributed by atoms with E-state index in [1.165, 1.54) is 17.8 Å². The van der Waals surface area contributed by atoms with Gasteiger partial charge in [0.25, 0.3) is 0 Å². The Morgan fingerprint density at radius 3 is 3.22 bits per heavy atom. The van der Waals surface area contributed by atoms with Crippen LogP contribution in [0.2, 0.25) is 0 Å². The van der Waals surface area contributed by atoms with Gasteiger partial charge in [-0.2, -0.15) is 0 Å². The van der Waals surface area contributed by atoms with Crippen molar-refractivity contribution in [1.29, 1.82) is 0 Å². The number of nitrogens with zero attached hydrogens (tertiary/aromatic N) is 2. The summed E-state index contributed by atoms with van der Waals surface area (Å²) in [5.74, 6) is -0.700. The molecule has 1 aliphatic rings. The normalized spacial score (nSPS) is 20.4. The van der Waals surface area contributed by atoms with Crippen molar-refractivity contribution in [3.8, 4) is 0 Å². The van der Waals surface area contributed by atoms with Gasteiger partial charge in [-0.15, -0.1) is 11.3 Å². The molecule has 0 aromatic carbocycles. The Hall–Kier alpha value is -0.940. The summed E-state index contributed by atoms with van der Waals surface area (Å²) >= 11 is 1.70. The van der Waals surface area contributed by atoms with E-state index in [0.717, 1.165) is 31.5 Å². The minimum atomic E-state index is -0.700. The maximum atomic E-state index is 11.1.